The van der Waals surface area contributed by atoms with Gasteiger partial charge in [-0.2, -0.15) is 4.31 Å². The summed E-state index contributed by atoms with van der Waals surface area (Å²) in [5.74, 6) is 0.986. The molecular formula is C15H24N2O3S. The summed E-state index contributed by atoms with van der Waals surface area (Å²) in [6, 6.07) is 7.16. The number of anilines is 1. The van der Waals surface area contributed by atoms with Crippen LogP contribution in [0, 0.1) is 5.92 Å². The molecule has 0 aliphatic heterocycles. The maximum atomic E-state index is 12.4. The molecule has 0 unspecified atom stereocenters. The van der Waals surface area contributed by atoms with Crippen LogP contribution in [-0.2, 0) is 10.0 Å². The highest BCUT2D eigenvalue weighted by Gasteiger charge is 2.37. The molecule has 0 radical (unpaired) electrons. The van der Waals surface area contributed by atoms with E-state index < -0.39 is 10.0 Å². The second kappa shape index (κ2) is 6.66. The van der Waals surface area contributed by atoms with Gasteiger partial charge in [-0.25, -0.2) is 8.42 Å². The molecule has 0 aromatic heterocycles. The first-order valence-electron chi connectivity index (χ1n) is 7.36. The van der Waals surface area contributed by atoms with Gasteiger partial charge in [0.1, 0.15) is 12.4 Å². The predicted octanol–water partition coefficient (Wildman–Crippen LogP) is 2.10. The maximum Gasteiger partial charge on any atom is 0.217 e. The van der Waals surface area contributed by atoms with Gasteiger partial charge < -0.3 is 10.5 Å². The van der Waals surface area contributed by atoms with Crippen molar-refractivity contribution in [3.8, 4) is 5.75 Å². The zero-order chi connectivity index (χ0) is 15.5. The quantitative estimate of drug-likeness (QED) is 0.746. The second-order valence-electron chi connectivity index (χ2n) is 5.93. The molecule has 1 aromatic rings. The van der Waals surface area contributed by atoms with Gasteiger partial charge in [0.05, 0.1) is 5.75 Å². The Bertz CT molecular complexity index is 551. The molecule has 1 saturated carbocycles. The van der Waals surface area contributed by atoms with Gasteiger partial charge in [0.25, 0.3) is 0 Å². The highest BCUT2D eigenvalue weighted by Crippen LogP contribution is 2.30. The van der Waals surface area contributed by atoms with Crippen LogP contribution in [-0.4, -0.2) is 37.7 Å². The fourth-order valence-corrected chi connectivity index (χ4v) is 3.88. The average molecular weight is 312 g/mol. The Morgan fingerprint density at radius 3 is 2.43 bits per heavy atom. The largest absolute Gasteiger partial charge is 0.492 e. The van der Waals surface area contributed by atoms with Gasteiger partial charge in [0, 0.05) is 18.3 Å². The molecule has 1 aliphatic rings. The lowest BCUT2D eigenvalue weighted by molar-refractivity contribution is 0.325. The molecule has 0 spiro atoms. The van der Waals surface area contributed by atoms with Crippen molar-refractivity contribution < 1.29 is 13.2 Å². The average Bonchev–Trinajstić information content (AvgIpc) is 3.22. The van der Waals surface area contributed by atoms with Crippen molar-refractivity contribution in [3.05, 3.63) is 24.3 Å². The van der Waals surface area contributed by atoms with E-state index in [4.69, 9.17) is 10.5 Å². The highest BCUT2D eigenvalue weighted by atomic mass is 32.2. The number of nitrogens with zero attached hydrogens (tertiary/aromatic N) is 1. The first-order chi connectivity index (χ1) is 9.88. The molecule has 0 saturated heterocycles. The van der Waals surface area contributed by atoms with Crippen molar-refractivity contribution in [1.29, 1.82) is 0 Å². The summed E-state index contributed by atoms with van der Waals surface area (Å²) in [7, 11) is -3.25. The lowest BCUT2D eigenvalue weighted by atomic mass is 10.2. The van der Waals surface area contributed by atoms with E-state index in [0.717, 1.165) is 12.8 Å². The van der Waals surface area contributed by atoms with Gasteiger partial charge >= 0.3 is 0 Å². The molecule has 2 N–H and O–H groups in total. The van der Waals surface area contributed by atoms with Crippen LogP contribution in [0.2, 0.25) is 0 Å². The van der Waals surface area contributed by atoms with Crippen molar-refractivity contribution in [2.24, 2.45) is 5.92 Å². The van der Waals surface area contributed by atoms with Crippen LogP contribution in [0.1, 0.15) is 26.7 Å². The molecule has 1 aromatic carbocycles. The summed E-state index contributed by atoms with van der Waals surface area (Å²) in [5, 5.41) is 0. The Hall–Kier alpha value is -1.27. The summed E-state index contributed by atoms with van der Waals surface area (Å²) in [4.78, 5) is 0. The molecule has 118 valence electrons. The number of sulfonamides is 1. The van der Waals surface area contributed by atoms with E-state index in [1.165, 1.54) is 0 Å². The maximum absolute atomic E-state index is 12.4. The van der Waals surface area contributed by atoms with Crippen LogP contribution in [0.4, 0.5) is 5.69 Å². The number of hydrogen-bond donors (Lipinski definition) is 1. The summed E-state index contributed by atoms with van der Waals surface area (Å²) >= 11 is 0. The van der Waals surface area contributed by atoms with Crippen molar-refractivity contribution >= 4 is 15.7 Å². The molecule has 0 atom stereocenters. The van der Waals surface area contributed by atoms with E-state index in [-0.39, 0.29) is 18.4 Å². The van der Waals surface area contributed by atoms with E-state index in [1.54, 1.807) is 28.6 Å². The van der Waals surface area contributed by atoms with Crippen LogP contribution >= 0.6 is 0 Å². The number of ether oxygens (including phenoxy) is 1. The van der Waals surface area contributed by atoms with Gasteiger partial charge in [-0.15, -0.1) is 0 Å². The van der Waals surface area contributed by atoms with E-state index in [1.807, 2.05) is 13.8 Å². The molecule has 6 heteroatoms. The van der Waals surface area contributed by atoms with Gasteiger partial charge in [-0.05, 0) is 43.0 Å². The molecule has 2 rings (SSSR count). The minimum atomic E-state index is -3.25. The molecule has 1 aliphatic carbocycles. The fraction of sp³-hybridized carbons (Fsp3) is 0.600. The van der Waals surface area contributed by atoms with Crippen molar-refractivity contribution in [1.82, 2.24) is 4.31 Å². The van der Waals surface area contributed by atoms with E-state index in [9.17, 15) is 8.42 Å². The Morgan fingerprint density at radius 2 is 1.90 bits per heavy atom. The third kappa shape index (κ3) is 4.89. The summed E-state index contributed by atoms with van der Waals surface area (Å²) in [5.41, 5.74) is 6.25. The third-order valence-corrected chi connectivity index (χ3v) is 5.19. The lowest BCUT2D eigenvalue weighted by Gasteiger charge is -2.23. The van der Waals surface area contributed by atoms with Crippen LogP contribution in [0.5, 0.6) is 5.75 Å². The first-order valence-corrected chi connectivity index (χ1v) is 8.97. The van der Waals surface area contributed by atoms with E-state index in [2.05, 4.69) is 0 Å². The normalized spacial score (nSPS) is 15.6. The van der Waals surface area contributed by atoms with Crippen LogP contribution in [0.25, 0.3) is 0 Å². The van der Waals surface area contributed by atoms with Crippen molar-refractivity contribution in [3.63, 3.8) is 0 Å². The fourth-order valence-electron chi connectivity index (χ4n) is 2.16. The molecular weight excluding hydrogens is 288 g/mol. The van der Waals surface area contributed by atoms with E-state index >= 15 is 0 Å². The Kier molecular flexibility index (Phi) is 5.11. The zero-order valence-electron chi connectivity index (χ0n) is 12.7. The van der Waals surface area contributed by atoms with Gasteiger partial charge in [0.2, 0.25) is 10.0 Å². The van der Waals surface area contributed by atoms with Gasteiger partial charge in [-0.3, -0.25) is 0 Å². The third-order valence-electron chi connectivity index (χ3n) is 3.35. The number of hydrogen-bond acceptors (Lipinski definition) is 4. The molecule has 5 nitrogen and oxygen atoms in total. The standard InChI is InChI=1S/C15H24N2O3S/c1-12(2)11-17(14-5-6-14)21(18,19)10-9-20-15-7-3-13(16)4-8-15/h3-4,7-8,12,14H,5-6,9-11,16H2,1-2H3. The Balaban J connectivity index is 1.89. The number of nitrogen functional groups attached to an aromatic ring is 1. The summed E-state index contributed by atoms with van der Waals surface area (Å²) in [6.07, 6.45) is 1.95. The monoisotopic (exact) mass is 312 g/mol. The number of rotatable bonds is 8. The minimum Gasteiger partial charge on any atom is -0.492 e. The van der Waals surface area contributed by atoms with Crippen LogP contribution in [0.15, 0.2) is 24.3 Å². The minimum absolute atomic E-state index is 0.0145. The Morgan fingerprint density at radius 1 is 1.29 bits per heavy atom. The number of nitrogens with two attached hydrogens (primary N) is 1. The topological polar surface area (TPSA) is 72.6 Å². The molecule has 0 bridgehead atoms. The smallest absolute Gasteiger partial charge is 0.217 e. The zero-order valence-corrected chi connectivity index (χ0v) is 13.5. The summed E-state index contributed by atoms with van der Waals surface area (Å²) < 4.78 is 32.0. The van der Waals surface area contributed by atoms with E-state index in [0.29, 0.717) is 23.9 Å². The molecule has 0 amide bonds. The second-order valence-corrected chi connectivity index (χ2v) is 7.97. The van der Waals surface area contributed by atoms with Gasteiger partial charge in [0.15, 0.2) is 0 Å². The molecule has 1 fully saturated rings. The Labute approximate surface area is 127 Å². The van der Waals surface area contributed by atoms with Crippen molar-refractivity contribution in [2.45, 2.75) is 32.7 Å². The lowest BCUT2D eigenvalue weighted by Crippen LogP contribution is -2.38. The molecule has 0 heterocycles. The SMILES string of the molecule is CC(C)CN(C1CC1)S(=O)(=O)CCOc1ccc(N)cc1. The number of benzene rings is 1. The van der Waals surface area contributed by atoms with Crippen molar-refractivity contribution in [2.75, 3.05) is 24.6 Å². The highest BCUT2D eigenvalue weighted by molar-refractivity contribution is 7.89. The van der Waals surface area contributed by atoms with Gasteiger partial charge in [-0.1, -0.05) is 13.8 Å². The molecule has 21 heavy (non-hydrogen) atoms. The van der Waals surface area contributed by atoms with Crippen LogP contribution < -0.4 is 10.5 Å². The predicted molar refractivity (Wildman–Crippen MR) is 84.7 cm³/mol. The van der Waals surface area contributed by atoms with Crippen LogP contribution in [0.3, 0.4) is 0 Å². The first kappa shape index (κ1) is 16.1. The summed E-state index contributed by atoms with van der Waals surface area (Å²) in [6.45, 7) is 4.83.